The third-order valence-corrected chi connectivity index (χ3v) is 7.44. The molecular weight excluding hydrogens is 414 g/mol. The van der Waals surface area contributed by atoms with Gasteiger partial charge in [0, 0.05) is 18.8 Å². The first-order chi connectivity index (χ1) is 14.6. The molecule has 8 heteroatoms. The number of hydrogen-bond acceptors (Lipinski definition) is 6. The van der Waals surface area contributed by atoms with Gasteiger partial charge in [-0.2, -0.15) is 0 Å². The summed E-state index contributed by atoms with van der Waals surface area (Å²) in [7, 11) is 0. The first kappa shape index (κ1) is 22.0. The smallest absolute Gasteiger partial charge is 0.332 e. The quantitative estimate of drug-likeness (QED) is 0.502. The van der Waals surface area contributed by atoms with Gasteiger partial charge in [0.25, 0.3) is 5.56 Å². The number of ether oxygens (including phenoxy) is 1. The maximum absolute atomic E-state index is 13.3. The fraction of sp³-hybridized carbons (Fsp3) is 0.652. The van der Waals surface area contributed by atoms with E-state index in [-0.39, 0.29) is 23.8 Å². The van der Waals surface area contributed by atoms with E-state index in [9.17, 15) is 14.4 Å². The molecule has 7 nitrogen and oxygen atoms in total. The molecule has 2 heterocycles. The van der Waals surface area contributed by atoms with Crippen molar-refractivity contribution < 1.29 is 9.53 Å². The van der Waals surface area contributed by atoms with Crippen LogP contribution < -0.4 is 11.2 Å². The Kier molecular flexibility index (Phi) is 5.70. The Balaban J connectivity index is 1.73. The van der Waals surface area contributed by atoms with E-state index in [2.05, 4.69) is 11.9 Å². The fourth-order valence-electron chi connectivity index (χ4n) is 4.13. The highest BCUT2D eigenvalue weighted by molar-refractivity contribution is 7.20. The monoisotopic (exact) mass is 445 g/mol. The van der Waals surface area contributed by atoms with Crippen molar-refractivity contribution in [3.63, 3.8) is 0 Å². The summed E-state index contributed by atoms with van der Waals surface area (Å²) in [4.78, 5) is 44.3. The van der Waals surface area contributed by atoms with Crippen LogP contribution in [0.3, 0.4) is 0 Å². The predicted octanol–water partition coefficient (Wildman–Crippen LogP) is 3.67. The molecule has 0 unspecified atom stereocenters. The standard InChI is InChI=1S/C23H31N3O4S/c1-13-9-16(13)26-20(28)19-14(2)17(10-24-11-18(27)30-23(3,4)5)31-21(19)25(22(26)29)12-15-7-6-8-15/h10,13,15-16H,6-9,11-12H2,1-5H3/t13-,16-/m0/s1. The second-order valence-electron chi connectivity index (χ2n) is 9.97. The molecule has 2 atom stereocenters. The van der Waals surface area contributed by atoms with Gasteiger partial charge in [0.1, 0.15) is 17.0 Å². The van der Waals surface area contributed by atoms with Crippen molar-refractivity contribution in [3.05, 3.63) is 31.3 Å². The molecule has 2 aliphatic carbocycles. The number of carbonyl (C=O) groups is 1. The molecular formula is C23H31N3O4S. The molecule has 4 rings (SSSR count). The number of aliphatic imine (C=N–C) groups is 1. The van der Waals surface area contributed by atoms with Gasteiger partial charge in [-0.3, -0.25) is 23.7 Å². The third kappa shape index (κ3) is 4.40. The van der Waals surface area contributed by atoms with Gasteiger partial charge in [0.15, 0.2) is 0 Å². The number of esters is 1. The molecule has 2 aromatic heterocycles. The highest BCUT2D eigenvalue weighted by Gasteiger charge is 2.38. The van der Waals surface area contributed by atoms with E-state index in [1.807, 2.05) is 32.3 Å². The lowest BCUT2D eigenvalue weighted by Crippen LogP contribution is -2.41. The van der Waals surface area contributed by atoms with Crippen LogP contribution in [0.2, 0.25) is 0 Å². The molecule has 0 bridgehead atoms. The molecule has 2 saturated carbocycles. The van der Waals surface area contributed by atoms with E-state index in [4.69, 9.17) is 4.74 Å². The van der Waals surface area contributed by atoms with Crippen LogP contribution in [0.15, 0.2) is 14.6 Å². The molecule has 0 aliphatic heterocycles. The Morgan fingerprint density at radius 1 is 1.29 bits per heavy atom. The summed E-state index contributed by atoms with van der Waals surface area (Å²) in [6, 6.07) is 0.000580. The lowest BCUT2D eigenvalue weighted by Gasteiger charge is -2.26. The number of hydrogen-bond donors (Lipinski definition) is 0. The zero-order valence-electron chi connectivity index (χ0n) is 18.9. The van der Waals surface area contributed by atoms with Gasteiger partial charge in [-0.05, 0) is 64.4 Å². The van der Waals surface area contributed by atoms with E-state index in [0.717, 1.165) is 34.5 Å². The van der Waals surface area contributed by atoms with Gasteiger partial charge >= 0.3 is 11.7 Å². The predicted molar refractivity (Wildman–Crippen MR) is 124 cm³/mol. The highest BCUT2D eigenvalue weighted by Crippen LogP contribution is 2.41. The van der Waals surface area contributed by atoms with E-state index in [1.165, 1.54) is 22.3 Å². The lowest BCUT2D eigenvalue weighted by atomic mass is 9.85. The van der Waals surface area contributed by atoms with E-state index >= 15 is 0 Å². The molecule has 31 heavy (non-hydrogen) atoms. The summed E-state index contributed by atoms with van der Waals surface area (Å²) >= 11 is 1.41. The molecule has 0 amide bonds. The summed E-state index contributed by atoms with van der Waals surface area (Å²) in [6.45, 7) is 10.0. The maximum Gasteiger partial charge on any atom is 0.332 e. The van der Waals surface area contributed by atoms with Crippen molar-refractivity contribution in [2.24, 2.45) is 16.8 Å². The van der Waals surface area contributed by atoms with Gasteiger partial charge in [-0.25, -0.2) is 4.79 Å². The van der Waals surface area contributed by atoms with Crippen molar-refractivity contribution in [3.8, 4) is 0 Å². The lowest BCUT2D eigenvalue weighted by molar-refractivity contribution is -0.152. The first-order valence-corrected chi connectivity index (χ1v) is 11.9. The Morgan fingerprint density at radius 3 is 2.52 bits per heavy atom. The molecule has 0 N–H and O–H groups in total. The second kappa shape index (κ2) is 8.04. The van der Waals surface area contributed by atoms with Crippen LogP contribution in [-0.2, 0) is 16.1 Å². The van der Waals surface area contributed by atoms with Gasteiger partial charge in [0.05, 0.1) is 10.3 Å². The van der Waals surface area contributed by atoms with Crippen molar-refractivity contribution in [1.29, 1.82) is 0 Å². The van der Waals surface area contributed by atoms with E-state index in [1.54, 1.807) is 6.21 Å². The molecule has 2 aromatic rings. The van der Waals surface area contributed by atoms with Crippen LogP contribution in [0, 0.1) is 18.8 Å². The number of aromatic nitrogens is 2. The Labute approximate surface area is 185 Å². The molecule has 0 aromatic carbocycles. The van der Waals surface area contributed by atoms with Gasteiger partial charge in [0.2, 0.25) is 0 Å². The van der Waals surface area contributed by atoms with Crippen molar-refractivity contribution in [2.75, 3.05) is 6.54 Å². The van der Waals surface area contributed by atoms with Crippen molar-refractivity contribution in [1.82, 2.24) is 9.13 Å². The molecule has 168 valence electrons. The maximum atomic E-state index is 13.3. The third-order valence-electron chi connectivity index (χ3n) is 6.19. The number of nitrogens with zero attached hydrogens (tertiary/aromatic N) is 3. The van der Waals surface area contributed by atoms with E-state index in [0.29, 0.717) is 23.8 Å². The average Bonchev–Trinajstić information content (AvgIpc) is 3.23. The van der Waals surface area contributed by atoms with Crippen LogP contribution in [-0.4, -0.2) is 33.5 Å². The minimum absolute atomic E-state index is 0.000580. The summed E-state index contributed by atoms with van der Waals surface area (Å²) in [5, 5.41) is 0.613. The van der Waals surface area contributed by atoms with Gasteiger partial charge in [-0.1, -0.05) is 13.3 Å². The SMILES string of the molecule is Cc1c(C=NCC(=O)OC(C)(C)C)sc2c1c(=O)n([C@H]1C[C@@H]1C)c(=O)n2CC1CCC1. The number of carbonyl (C=O) groups excluding carboxylic acids is 1. The summed E-state index contributed by atoms with van der Waals surface area (Å²) < 4.78 is 8.59. The van der Waals surface area contributed by atoms with Crippen LogP contribution in [0.4, 0.5) is 0 Å². The van der Waals surface area contributed by atoms with Gasteiger partial charge < -0.3 is 4.74 Å². The van der Waals surface area contributed by atoms with E-state index < -0.39 is 11.6 Å². The zero-order chi connectivity index (χ0) is 22.5. The molecule has 2 fully saturated rings. The number of fused-ring (bicyclic) bond motifs is 1. The molecule has 0 radical (unpaired) electrons. The van der Waals surface area contributed by atoms with Crippen molar-refractivity contribution >= 4 is 33.7 Å². The number of thiophene rings is 1. The minimum atomic E-state index is -0.553. The molecule has 0 spiro atoms. The van der Waals surface area contributed by atoms with Gasteiger partial charge in [-0.15, -0.1) is 11.3 Å². The fourth-order valence-corrected chi connectivity index (χ4v) is 5.33. The van der Waals surface area contributed by atoms with Crippen LogP contribution in [0.5, 0.6) is 0 Å². The molecule has 2 aliphatic rings. The largest absolute Gasteiger partial charge is 0.459 e. The Morgan fingerprint density at radius 2 is 1.97 bits per heavy atom. The highest BCUT2D eigenvalue weighted by atomic mass is 32.1. The van der Waals surface area contributed by atoms with Crippen LogP contribution >= 0.6 is 11.3 Å². The number of rotatable bonds is 6. The second-order valence-corrected chi connectivity index (χ2v) is 11.0. The Hall–Kier alpha value is -2.22. The number of aryl methyl sites for hydroxylation is 1. The summed E-state index contributed by atoms with van der Waals surface area (Å²) in [5.41, 5.74) is -0.109. The first-order valence-electron chi connectivity index (χ1n) is 11.1. The topological polar surface area (TPSA) is 82.7 Å². The van der Waals surface area contributed by atoms with Crippen molar-refractivity contribution in [2.45, 2.75) is 78.5 Å². The Bertz CT molecular complexity index is 1160. The summed E-state index contributed by atoms with van der Waals surface area (Å²) in [5.74, 6) is 0.457. The minimum Gasteiger partial charge on any atom is -0.459 e. The molecule has 0 saturated heterocycles. The van der Waals surface area contributed by atoms with Crippen LogP contribution in [0.1, 0.15) is 69.9 Å². The summed E-state index contributed by atoms with van der Waals surface area (Å²) in [6.07, 6.45) is 5.96. The van der Waals surface area contributed by atoms with Crippen LogP contribution in [0.25, 0.3) is 10.2 Å². The zero-order valence-corrected chi connectivity index (χ0v) is 19.8. The average molecular weight is 446 g/mol. The normalized spacial score (nSPS) is 21.6.